The van der Waals surface area contributed by atoms with Gasteiger partial charge in [-0.2, -0.15) is 4.39 Å². The van der Waals surface area contributed by atoms with E-state index in [1.807, 2.05) is 4.68 Å². The minimum absolute atomic E-state index is 0.126. The molecule has 236 valence electrons. The van der Waals surface area contributed by atoms with Crippen molar-refractivity contribution in [3.8, 4) is 0 Å². The number of benzene rings is 2. The molecule has 1 aromatic heterocycles. The lowest BCUT2D eigenvalue weighted by Crippen LogP contribution is -2.39. The number of halogens is 1. The summed E-state index contributed by atoms with van der Waals surface area (Å²) < 4.78 is 34.7. The fourth-order valence-corrected chi connectivity index (χ4v) is 8.56. The molecular weight excluding hydrogens is 553 g/mol. The van der Waals surface area contributed by atoms with Gasteiger partial charge in [0.25, 0.3) is 0 Å². The molecule has 0 bridgehead atoms. The summed E-state index contributed by atoms with van der Waals surface area (Å²) >= 11 is 0. The molecule has 2 saturated heterocycles. The van der Waals surface area contributed by atoms with Gasteiger partial charge in [0.1, 0.15) is 0 Å². The predicted molar refractivity (Wildman–Crippen MR) is 173 cm³/mol. The second-order valence-corrected chi connectivity index (χ2v) is 13.4. The van der Waals surface area contributed by atoms with Gasteiger partial charge in [0.05, 0.1) is 10.9 Å². The Bertz CT molecular complexity index is 1460. The highest BCUT2D eigenvalue weighted by atomic mass is 19.1. The minimum Gasteiger partial charge on any atom is -0.372 e. The maximum atomic E-state index is 15.8. The van der Waals surface area contributed by atoms with Crippen LogP contribution in [0.15, 0.2) is 42.0 Å². The van der Waals surface area contributed by atoms with E-state index in [-0.39, 0.29) is 18.5 Å². The van der Waals surface area contributed by atoms with Gasteiger partial charge in [-0.25, -0.2) is 4.68 Å². The molecule has 44 heavy (non-hydrogen) atoms. The van der Waals surface area contributed by atoms with Crippen LogP contribution in [-0.4, -0.2) is 50.0 Å². The molecule has 2 aliphatic heterocycles. The molecule has 4 aliphatic rings. The Hall–Kier alpha value is -2.74. The van der Waals surface area contributed by atoms with Crippen molar-refractivity contribution in [1.82, 2.24) is 9.78 Å². The summed E-state index contributed by atoms with van der Waals surface area (Å²) in [6.07, 6.45) is 14.3. The fourth-order valence-electron chi connectivity index (χ4n) is 8.56. The molecule has 0 radical (unpaired) electrons. The molecule has 3 heterocycles. The highest BCUT2D eigenvalue weighted by Crippen LogP contribution is 2.43. The number of aromatic nitrogens is 2. The molecule has 2 aromatic carbocycles. The standard InChI is InChI=1S/C37H48FN3O3/c1-42-37(43-2)27-19-21-40(22-20-27)29-15-13-26(14-16-29)34-28(24-25-8-3-4-9-25)10-7-11-30-31(34)17-18-32-35(30)36(38)39-41(32)33-12-5-6-23-44-33/h13-18,25,27,33,37H,3-12,19-24H2,1-2H3. The summed E-state index contributed by atoms with van der Waals surface area (Å²) in [5, 5.41) is 5.13. The summed E-state index contributed by atoms with van der Waals surface area (Å²) in [6, 6.07) is 13.6. The lowest BCUT2D eigenvalue weighted by molar-refractivity contribution is -0.141. The van der Waals surface area contributed by atoms with Crippen molar-refractivity contribution in [3.05, 3.63) is 64.6 Å². The number of ether oxygens (including phenoxy) is 3. The average molecular weight is 602 g/mol. The van der Waals surface area contributed by atoms with Crippen molar-refractivity contribution in [2.24, 2.45) is 11.8 Å². The molecule has 2 aliphatic carbocycles. The molecule has 0 amide bonds. The first-order valence-electron chi connectivity index (χ1n) is 17.1. The molecule has 7 heteroatoms. The Morgan fingerprint density at radius 3 is 2.34 bits per heavy atom. The highest BCUT2D eigenvalue weighted by molar-refractivity contribution is 5.93. The number of hydrogen-bond donors (Lipinski definition) is 0. The molecule has 0 spiro atoms. The number of allylic oxidation sites excluding steroid dienone is 1. The Morgan fingerprint density at radius 2 is 1.64 bits per heavy atom. The molecular formula is C37H48FN3O3. The molecule has 3 aromatic rings. The van der Waals surface area contributed by atoms with Crippen molar-refractivity contribution < 1.29 is 18.6 Å². The van der Waals surface area contributed by atoms with Gasteiger partial charge < -0.3 is 19.1 Å². The number of hydrogen-bond acceptors (Lipinski definition) is 5. The van der Waals surface area contributed by atoms with E-state index < -0.39 is 0 Å². The van der Waals surface area contributed by atoms with Gasteiger partial charge in [-0.05, 0) is 104 Å². The van der Waals surface area contributed by atoms with E-state index in [1.54, 1.807) is 19.8 Å². The van der Waals surface area contributed by atoms with Crippen LogP contribution >= 0.6 is 0 Å². The fraction of sp³-hybridized carbons (Fsp3) is 0.595. The summed E-state index contributed by atoms with van der Waals surface area (Å²) in [5.74, 6) is 0.835. The molecule has 1 unspecified atom stereocenters. The molecule has 1 atom stereocenters. The largest absolute Gasteiger partial charge is 0.372 e. The molecule has 3 fully saturated rings. The Kier molecular flexibility index (Phi) is 9.06. The monoisotopic (exact) mass is 601 g/mol. The topological polar surface area (TPSA) is 48.8 Å². The maximum Gasteiger partial charge on any atom is 0.240 e. The van der Waals surface area contributed by atoms with Crippen molar-refractivity contribution in [3.63, 3.8) is 0 Å². The van der Waals surface area contributed by atoms with Crippen molar-refractivity contribution in [1.29, 1.82) is 0 Å². The van der Waals surface area contributed by atoms with Crippen LogP contribution in [0.2, 0.25) is 0 Å². The van der Waals surface area contributed by atoms with E-state index in [1.165, 1.54) is 48.1 Å². The summed E-state index contributed by atoms with van der Waals surface area (Å²) in [6.45, 7) is 2.71. The van der Waals surface area contributed by atoms with E-state index >= 15 is 4.39 Å². The molecule has 0 N–H and O–H groups in total. The summed E-state index contributed by atoms with van der Waals surface area (Å²) in [5.41, 5.74) is 8.59. The lowest BCUT2D eigenvalue weighted by atomic mass is 9.85. The molecule has 6 nitrogen and oxygen atoms in total. The van der Waals surface area contributed by atoms with E-state index in [2.05, 4.69) is 46.4 Å². The van der Waals surface area contributed by atoms with E-state index in [4.69, 9.17) is 14.2 Å². The Balaban J connectivity index is 1.24. The number of rotatable bonds is 8. The minimum atomic E-state index is -0.354. The van der Waals surface area contributed by atoms with Crippen LogP contribution in [-0.2, 0) is 20.6 Å². The second-order valence-electron chi connectivity index (χ2n) is 13.4. The van der Waals surface area contributed by atoms with Gasteiger partial charge in [0.15, 0.2) is 12.5 Å². The Labute approximate surface area is 261 Å². The van der Waals surface area contributed by atoms with Crippen LogP contribution in [0.5, 0.6) is 0 Å². The third-order valence-corrected chi connectivity index (χ3v) is 10.8. The summed E-state index contributed by atoms with van der Waals surface area (Å²) in [7, 11) is 3.47. The van der Waals surface area contributed by atoms with E-state index in [0.717, 1.165) is 87.9 Å². The van der Waals surface area contributed by atoms with Gasteiger partial charge in [-0.3, -0.25) is 0 Å². The summed E-state index contributed by atoms with van der Waals surface area (Å²) in [4.78, 5) is 2.48. The first-order valence-corrected chi connectivity index (χ1v) is 17.1. The van der Waals surface area contributed by atoms with Crippen LogP contribution < -0.4 is 4.90 Å². The maximum absolute atomic E-state index is 15.8. The third-order valence-electron chi connectivity index (χ3n) is 10.8. The van der Waals surface area contributed by atoms with Crippen LogP contribution in [0.4, 0.5) is 10.1 Å². The number of anilines is 1. The van der Waals surface area contributed by atoms with Gasteiger partial charge in [-0.15, -0.1) is 5.10 Å². The number of aryl methyl sites for hydroxylation is 1. The van der Waals surface area contributed by atoms with Crippen LogP contribution in [0.1, 0.15) is 100.0 Å². The van der Waals surface area contributed by atoms with Crippen molar-refractivity contribution in [2.45, 2.75) is 96.0 Å². The number of nitrogens with zero attached hydrogens (tertiary/aromatic N) is 3. The first kappa shape index (κ1) is 29.9. The first-order chi connectivity index (χ1) is 21.6. The third kappa shape index (κ3) is 5.83. The predicted octanol–water partition coefficient (Wildman–Crippen LogP) is 8.43. The number of fused-ring (bicyclic) bond motifs is 3. The van der Waals surface area contributed by atoms with E-state index in [0.29, 0.717) is 17.9 Å². The van der Waals surface area contributed by atoms with Crippen LogP contribution in [0.25, 0.3) is 16.5 Å². The zero-order valence-corrected chi connectivity index (χ0v) is 26.5. The zero-order valence-electron chi connectivity index (χ0n) is 26.5. The van der Waals surface area contributed by atoms with E-state index in [9.17, 15) is 0 Å². The van der Waals surface area contributed by atoms with Gasteiger partial charge >= 0.3 is 0 Å². The van der Waals surface area contributed by atoms with Gasteiger partial charge in [-0.1, -0.05) is 49.5 Å². The smallest absolute Gasteiger partial charge is 0.240 e. The highest BCUT2D eigenvalue weighted by Gasteiger charge is 2.29. The average Bonchev–Trinajstić information content (AvgIpc) is 3.66. The van der Waals surface area contributed by atoms with Crippen molar-refractivity contribution >= 4 is 22.2 Å². The Morgan fingerprint density at radius 1 is 0.886 bits per heavy atom. The van der Waals surface area contributed by atoms with Gasteiger partial charge in [0.2, 0.25) is 5.95 Å². The van der Waals surface area contributed by atoms with Crippen LogP contribution in [0, 0.1) is 17.8 Å². The lowest BCUT2D eigenvalue weighted by Gasteiger charge is -2.36. The SMILES string of the molecule is COC(OC)C1CCN(c2ccc(C3=C(CC4CCCC4)CCCc4c3ccc3c4c(F)nn3C3CCCCO3)cc2)CC1. The van der Waals surface area contributed by atoms with Crippen molar-refractivity contribution in [2.75, 3.05) is 38.8 Å². The van der Waals surface area contributed by atoms with Crippen LogP contribution in [0.3, 0.4) is 0 Å². The quantitative estimate of drug-likeness (QED) is 0.243. The number of piperidine rings is 1. The molecule has 1 saturated carbocycles. The van der Waals surface area contributed by atoms with Gasteiger partial charge in [0, 0.05) is 45.5 Å². The second kappa shape index (κ2) is 13.3. The number of methoxy groups -OCH3 is 2. The normalized spacial score (nSPS) is 22.3. The zero-order chi connectivity index (χ0) is 30.0. The molecule has 7 rings (SSSR count).